The van der Waals surface area contributed by atoms with E-state index in [9.17, 15) is 9.59 Å². The second kappa shape index (κ2) is 4.92. The third kappa shape index (κ3) is 2.11. The minimum Gasteiger partial charge on any atom is -0.481 e. The second-order valence-electron chi connectivity index (χ2n) is 4.95. The first kappa shape index (κ1) is 12.6. The van der Waals surface area contributed by atoms with Crippen molar-refractivity contribution in [3.8, 4) is 0 Å². The van der Waals surface area contributed by atoms with Gasteiger partial charge in [0.15, 0.2) is 0 Å². The largest absolute Gasteiger partial charge is 0.481 e. The van der Waals surface area contributed by atoms with E-state index >= 15 is 0 Å². The number of aromatic nitrogens is 1. The summed E-state index contributed by atoms with van der Waals surface area (Å²) in [6.07, 6.45) is 2.13. The average Bonchev–Trinajstić information content (AvgIpc) is 2.96. The van der Waals surface area contributed by atoms with Crippen LogP contribution >= 0.6 is 0 Å². The number of hydrogen-bond acceptors (Lipinski definition) is 3. The summed E-state index contributed by atoms with van der Waals surface area (Å²) < 4.78 is 0. The molecule has 1 unspecified atom stereocenters. The molecule has 2 aromatic rings. The number of carboxylic acids is 1. The molecule has 1 N–H and O–H groups in total. The van der Waals surface area contributed by atoms with Crippen molar-refractivity contribution in [3.63, 3.8) is 0 Å². The Kier molecular flexibility index (Phi) is 3.10. The lowest BCUT2D eigenvalue weighted by molar-refractivity contribution is -0.141. The van der Waals surface area contributed by atoms with E-state index in [1.807, 2.05) is 24.3 Å². The number of benzene rings is 1. The summed E-state index contributed by atoms with van der Waals surface area (Å²) in [6.45, 7) is 0.775. The van der Waals surface area contributed by atoms with Gasteiger partial charge in [0.05, 0.1) is 17.0 Å². The molecule has 20 heavy (non-hydrogen) atoms. The Morgan fingerprint density at radius 1 is 1.25 bits per heavy atom. The van der Waals surface area contributed by atoms with Crippen molar-refractivity contribution in [1.29, 1.82) is 0 Å². The first-order valence-electron chi connectivity index (χ1n) is 6.52. The fourth-order valence-electron chi connectivity index (χ4n) is 2.60. The number of rotatable bonds is 2. The number of carboxylic acid groups (broad SMARTS) is 1. The van der Waals surface area contributed by atoms with Gasteiger partial charge in [0.2, 0.25) is 0 Å². The predicted molar refractivity (Wildman–Crippen MR) is 73.4 cm³/mol. The summed E-state index contributed by atoms with van der Waals surface area (Å²) in [5, 5.41) is 9.81. The zero-order valence-electron chi connectivity index (χ0n) is 10.8. The lowest BCUT2D eigenvalue weighted by Gasteiger charge is -2.16. The molecule has 102 valence electrons. The normalized spacial score (nSPS) is 18.4. The van der Waals surface area contributed by atoms with Gasteiger partial charge in [-0.3, -0.25) is 14.6 Å². The number of fused-ring (bicyclic) bond motifs is 1. The molecule has 3 rings (SSSR count). The fourth-order valence-corrected chi connectivity index (χ4v) is 2.60. The monoisotopic (exact) mass is 270 g/mol. The van der Waals surface area contributed by atoms with Crippen molar-refractivity contribution in [2.75, 3.05) is 13.1 Å². The van der Waals surface area contributed by atoms with Crippen molar-refractivity contribution < 1.29 is 14.7 Å². The summed E-state index contributed by atoms with van der Waals surface area (Å²) in [4.78, 5) is 29.3. The maximum absolute atomic E-state index is 12.5. The molecule has 1 aliphatic heterocycles. The van der Waals surface area contributed by atoms with Gasteiger partial charge in [0.25, 0.3) is 5.91 Å². The Morgan fingerprint density at radius 3 is 2.80 bits per heavy atom. The van der Waals surface area contributed by atoms with E-state index in [-0.39, 0.29) is 12.5 Å². The molecule has 1 atom stereocenters. The maximum atomic E-state index is 12.5. The highest BCUT2D eigenvalue weighted by atomic mass is 16.4. The molecule has 0 aliphatic carbocycles. The van der Waals surface area contributed by atoms with Crippen LogP contribution in [0.4, 0.5) is 0 Å². The van der Waals surface area contributed by atoms with Gasteiger partial charge in [-0.25, -0.2) is 0 Å². The molecule has 0 bridgehead atoms. The van der Waals surface area contributed by atoms with Gasteiger partial charge in [0.1, 0.15) is 0 Å². The number of likely N-dealkylation sites (tertiary alicyclic amines) is 1. The van der Waals surface area contributed by atoms with Gasteiger partial charge in [-0.15, -0.1) is 0 Å². The fraction of sp³-hybridized carbons (Fsp3) is 0.267. The highest BCUT2D eigenvalue weighted by Crippen LogP contribution is 2.22. The van der Waals surface area contributed by atoms with Gasteiger partial charge in [-0.2, -0.15) is 0 Å². The highest BCUT2D eigenvalue weighted by molar-refractivity contribution is 6.06. The second-order valence-corrected chi connectivity index (χ2v) is 4.95. The lowest BCUT2D eigenvalue weighted by atomic mass is 10.1. The Labute approximate surface area is 115 Å². The molecule has 1 aliphatic rings. The first-order valence-corrected chi connectivity index (χ1v) is 6.52. The molecule has 1 fully saturated rings. The van der Waals surface area contributed by atoms with Gasteiger partial charge >= 0.3 is 5.97 Å². The van der Waals surface area contributed by atoms with Crippen molar-refractivity contribution in [2.45, 2.75) is 6.42 Å². The summed E-state index contributed by atoms with van der Waals surface area (Å²) in [5.74, 6) is -1.40. The van der Waals surface area contributed by atoms with E-state index in [4.69, 9.17) is 5.11 Å². The number of pyridine rings is 1. The number of para-hydroxylation sites is 1. The van der Waals surface area contributed by atoms with E-state index in [0.29, 0.717) is 18.5 Å². The van der Waals surface area contributed by atoms with Crippen LogP contribution in [-0.2, 0) is 4.79 Å². The first-order chi connectivity index (χ1) is 9.66. The van der Waals surface area contributed by atoms with Crippen LogP contribution in [0.25, 0.3) is 10.9 Å². The van der Waals surface area contributed by atoms with Crippen LogP contribution in [-0.4, -0.2) is 40.0 Å². The zero-order chi connectivity index (χ0) is 14.1. The van der Waals surface area contributed by atoms with Crippen LogP contribution in [0.2, 0.25) is 0 Å². The molecule has 0 spiro atoms. The van der Waals surface area contributed by atoms with Gasteiger partial charge in [-0.1, -0.05) is 18.2 Å². The number of aliphatic carboxylic acids is 1. The molecule has 5 nitrogen and oxygen atoms in total. The van der Waals surface area contributed by atoms with Crippen LogP contribution in [0, 0.1) is 5.92 Å². The van der Waals surface area contributed by atoms with Crippen molar-refractivity contribution in [1.82, 2.24) is 9.88 Å². The smallest absolute Gasteiger partial charge is 0.308 e. The van der Waals surface area contributed by atoms with Crippen LogP contribution in [0.3, 0.4) is 0 Å². The van der Waals surface area contributed by atoms with E-state index in [0.717, 1.165) is 10.9 Å². The highest BCUT2D eigenvalue weighted by Gasteiger charge is 2.31. The van der Waals surface area contributed by atoms with E-state index in [2.05, 4.69) is 4.98 Å². The summed E-state index contributed by atoms with van der Waals surface area (Å²) >= 11 is 0. The predicted octanol–water partition coefficient (Wildman–Crippen LogP) is 1.78. The molecule has 1 aromatic carbocycles. The average molecular weight is 270 g/mol. The number of carbonyl (C=O) groups is 2. The minimum atomic E-state index is -0.833. The molecule has 1 saturated heterocycles. The summed E-state index contributed by atoms with van der Waals surface area (Å²) in [5.41, 5.74) is 1.36. The van der Waals surface area contributed by atoms with Crippen LogP contribution < -0.4 is 0 Å². The Bertz CT molecular complexity index is 678. The SMILES string of the molecule is O=C(O)C1CCN(C(=O)c2ccnc3ccccc23)C1. The van der Waals surface area contributed by atoms with Crippen molar-refractivity contribution in [2.24, 2.45) is 5.92 Å². The van der Waals surface area contributed by atoms with E-state index in [1.165, 1.54) is 0 Å². The van der Waals surface area contributed by atoms with Crippen molar-refractivity contribution in [3.05, 3.63) is 42.1 Å². The standard InChI is InChI=1S/C15H14N2O3/c18-14(17-8-6-10(9-17)15(19)20)12-5-7-16-13-4-2-1-3-11(12)13/h1-5,7,10H,6,8-9H2,(H,19,20). The molecule has 0 radical (unpaired) electrons. The molecular weight excluding hydrogens is 256 g/mol. The Hall–Kier alpha value is -2.43. The Balaban J connectivity index is 1.92. The summed E-state index contributed by atoms with van der Waals surface area (Å²) in [7, 11) is 0. The van der Waals surface area contributed by atoms with Gasteiger partial charge in [0, 0.05) is 24.7 Å². The third-order valence-electron chi connectivity index (χ3n) is 3.70. The molecular formula is C15H14N2O3. The van der Waals surface area contributed by atoms with Crippen LogP contribution in [0.1, 0.15) is 16.8 Å². The molecule has 0 saturated carbocycles. The molecule has 2 heterocycles. The van der Waals surface area contributed by atoms with Crippen LogP contribution in [0.15, 0.2) is 36.5 Å². The molecule has 1 amide bonds. The Morgan fingerprint density at radius 2 is 2.05 bits per heavy atom. The number of carbonyl (C=O) groups excluding carboxylic acids is 1. The quantitative estimate of drug-likeness (QED) is 0.903. The molecule has 1 aromatic heterocycles. The van der Waals surface area contributed by atoms with Crippen molar-refractivity contribution >= 4 is 22.8 Å². The number of hydrogen-bond donors (Lipinski definition) is 1. The van der Waals surface area contributed by atoms with Gasteiger partial charge in [-0.05, 0) is 18.6 Å². The van der Waals surface area contributed by atoms with Gasteiger partial charge < -0.3 is 10.0 Å². The van der Waals surface area contributed by atoms with Crippen LogP contribution in [0.5, 0.6) is 0 Å². The molecule has 5 heteroatoms. The number of nitrogens with zero attached hydrogens (tertiary/aromatic N) is 2. The topological polar surface area (TPSA) is 70.5 Å². The van der Waals surface area contributed by atoms with E-state index < -0.39 is 11.9 Å². The zero-order valence-corrected chi connectivity index (χ0v) is 10.8. The van der Waals surface area contributed by atoms with E-state index in [1.54, 1.807) is 17.2 Å². The number of amides is 1. The lowest BCUT2D eigenvalue weighted by Crippen LogP contribution is -2.30. The minimum absolute atomic E-state index is 0.118. The maximum Gasteiger partial charge on any atom is 0.308 e. The summed E-state index contributed by atoms with van der Waals surface area (Å²) in [6, 6.07) is 9.15. The third-order valence-corrected chi connectivity index (χ3v) is 3.70.